The molecule has 24 heavy (non-hydrogen) atoms. The lowest BCUT2D eigenvalue weighted by Crippen LogP contribution is -2.49. The van der Waals surface area contributed by atoms with Crippen LogP contribution in [-0.4, -0.2) is 21.9 Å². The number of benzene rings is 2. The second-order valence-electron chi connectivity index (χ2n) is 6.24. The minimum absolute atomic E-state index is 0.330. The summed E-state index contributed by atoms with van der Waals surface area (Å²) in [5.74, 6) is 0.436. The van der Waals surface area contributed by atoms with E-state index in [1.807, 2.05) is 36.1 Å². The minimum Gasteiger partial charge on any atom is -0.368 e. The van der Waals surface area contributed by atoms with Gasteiger partial charge < -0.3 is 10.6 Å². The van der Waals surface area contributed by atoms with E-state index in [1.54, 1.807) is 6.33 Å². The van der Waals surface area contributed by atoms with E-state index in [0.29, 0.717) is 13.0 Å². The average molecular weight is 318 g/mol. The van der Waals surface area contributed by atoms with Crippen LogP contribution in [0, 0.1) is 6.92 Å². The van der Waals surface area contributed by atoms with Gasteiger partial charge in [0.1, 0.15) is 18.2 Å². The molecule has 3 aromatic rings. The number of hydrogen-bond donors (Lipinski definition) is 1. The lowest BCUT2D eigenvalue weighted by molar-refractivity contribution is -0.119. The maximum atomic E-state index is 12.1. The number of rotatable bonds is 2. The minimum atomic E-state index is -0.404. The molecule has 0 radical (unpaired) electrons. The summed E-state index contributed by atoms with van der Waals surface area (Å²) < 4.78 is 0. The third kappa shape index (κ3) is 2.38. The number of fused-ring (bicyclic) bond motifs is 2. The van der Waals surface area contributed by atoms with Gasteiger partial charge in [0, 0.05) is 18.4 Å². The van der Waals surface area contributed by atoms with E-state index in [4.69, 9.17) is 5.73 Å². The standard InChI is InChI=1S/C19H18N4O/c1-12-6-7-16-15(8-12)19(22-11-21-16)23-10-14-5-3-2-4-13(14)9-17(23)18(20)24/h2-8,11,17H,9-10H2,1H3,(H2,20,24)/t17-/m1/s1. The summed E-state index contributed by atoms with van der Waals surface area (Å²) in [4.78, 5) is 22.9. The normalized spacial score (nSPS) is 16.9. The summed E-state index contributed by atoms with van der Waals surface area (Å²) in [6, 6.07) is 13.8. The number of primary amides is 1. The highest BCUT2D eigenvalue weighted by atomic mass is 16.1. The number of aromatic nitrogens is 2. The van der Waals surface area contributed by atoms with Gasteiger partial charge in [0.15, 0.2) is 0 Å². The monoisotopic (exact) mass is 318 g/mol. The fourth-order valence-corrected chi connectivity index (χ4v) is 3.39. The van der Waals surface area contributed by atoms with Gasteiger partial charge in [0.25, 0.3) is 0 Å². The zero-order valence-corrected chi connectivity index (χ0v) is 13.4. The number of nitrogens with two attached hydrogens (primary N) is 1. The van der Waals surface area contributed by atoms with Crippen molar-refractivity contribution in [1.82, 2.24) is 9.97 Å². The Morgan fingerprint density at radius 2 is 1.96 bits per heavy atom. The average Bonchev–Trinajstić information content (AvgIpc) is 2.60. The van der Waals surface area contributed by atoms with Crippen molar-refractivity contribution in [3.05, 3.63) is 65.5 Å². The van der Waals surface area contributed by atoms with Crippen LogP contribution in [0.4, 0.5) is 5.82 Å². The van der Waals surface area contributed by atoms with Gasteiger partial charge in [-0.1, -0.05) is 35.9 Å². The number of hydrogen-bond acceptors (Lipinski definition) is 4. The third-order valence-corrected chi connectivity index (χ3v) is 4.62. The van der Waals surface area contributed by atoms with Crippen molar-refractivity contribution >= 4 is 22.6 Å². The van der Waals surface area contributed by atoms with Crippen molar-refractivity contribution in [2.45, 2.75) is 25.9 Å². The maximum Gasteiger partial charge on any atom is 0.240 e. The first-order valence-electron chi connectivity index (χ1n) is 7.97. The molecule has 120 valence electrons. The largest absolute Gasteiger partial charge is 0.368 e. The van der Waals surface area contributed by atoms with Crippen LogP contribution in [0.3, 0.4) is 0 Å². The molecule has 1 aromatic heterocycles. The van der Waals surface area contributed by atoms with Crippen molar-refractivity contribution in [3.8, 4) is 0 Å². The number of carbonyl (C=O) groups excluding carboxylic acids is 1. The van der Waals surface area contributed by atoms with Crippen LogP contribution in [0.1, 0.15) is 16.7 Å². The molecule has 1 aliphatic rings. The molecule has 0 unspecified atom stereocenters. The van der Waals surface area contributed by atoms with Gasteiger partial charge in [-0.3, -0.25) is 4.79 Å². The molecule has 0 saturated heterocycles. The Balaban J connectivity index is 1.88. The molecule has 0 bridgehead atoms. The topological polar surface area (TPSA) is 72.1 Å². The zero-order valence-electron chi connectivity index (χ0n) is 13.4. The Bertz CT molecular complexity index is 938. The second-order valence-corrected chi connectivity index (χ2v) is 6.24. The van der Waals surface area contributed by atoms with Crippen LogP contribution in [0.2, 0.25) is 0 Å². The fourth-order valence-electron chi connectivity index (χ4n) is 3.39. The molecule has 0 fully saturated rings. The summed E-state index contributed by atoms with van der Waals surface area (Å²) in [7, 11) is 0. The first-order valence-corrected chi connectivity index (χ1v) is 7.97. The first kappa shape index (κ1) is 14.6. The third-order valence-electron chi connectivity index (χ3n) is 4.62. The number of carbonyl (C=O) groups is 1. The fraction of sp³-hybridized carbons (Fsp3) is 0.211. The molecule has 5 heteroatoms. The highest BCUT2D eigenvalue weighted by molar-refractivity contribution is 5.93. The van der Waals surface area contributed by atoms with Gasteiger partial charge in [-0.25, -0.2) is 9.97 Å². The Labute approximate surface area is 140 Å². The van der Waals surface area contributed by atoms with Gasteiger partial charge >= 0.3 is 0 Å². The Hall–Kier alpha value is -2.95. The van der Waals surface area contributed by atoms with E-state index in [2.05, 4.69) is 28.2 Å². The number of nitrogens with zero attached hydrogens (tertiary/aromatic N) is 3. The molecular formula is C19H18N4O. The second kappa shape index (κ2) is 5.60. The Morgan fingerprint density at radius 1 is 1.17 bits per heavy atom. The summed E-state index contributed by atoms with van der Waals surface area (Å²) in [5.41, 5.74) is 10.1. The SMILES string of the molecule is Cc1ccc2ncnc(N3Cc4ccccc4C[C@@H]3C(N)=O)c2c1. The summed E-state index contributed by atoms with van der Waals surface area (Å²) in [5, 5.41) is 0.947. The number of anilines is 1. The van der Waals surface area contributed by atoms with Crippen molar-refractivity contribution in [1.29, 1.82) is 0 Å². The van der Waals surface area contributed by atoms with Crippen molar-refractivity contribution in [2.75, 3.05) is 4.90 Å². The predicted molar refractivity (Wildman–Crippen MR) is 93.6 cm³/mol. The van der Waals surface area contributed by atoms with E-state index < -0.39 is 6.04 Å². The maximum absolute atomic E-state index is 12.1. The summed E-state index contributed by atoms with van der Waals surface area (Å²) >= 11 is 0. The molecule has 4 rings (SSSR count). The van der Waals surface area contributed by atoms with Crippen LogP contribution >= 0.6 is 0 Å². The van der Waals surface area contributed by atoms with Gasteiger partial charge in [0.2, 0.25) is 5.91 Å². The van der Waals surface area contributed by atoms with E-state index in [0.717, 1.165) is 22.3 Å². The Morgan fingerprint density at radius 3 is 2.75 bits per heavy atom. The van der Waals surface area contributed by atoms with E-state index in [-0.39, 0.29) is 5.91 Å². The van der Waals surface area contributed by atoms with Crippen LogP contribution < -0.4 is 10.6 Å². The van der Waals surface area contributed by atoms with Crippen molar-refractivity contribution < 1.29 is 4.79 Å². The van der Waals surface area contributed by atoms with Gasteiger partial charge in [0.05, 0.1) is 5.52 Å². The van der Waals surface area contributed by atoms with E-state index in [1.165, 1.54) is 11.1 Å². The lowest BCUT2D eigenvalue weighted by Gasteiger charge is -2.36. The molecule has 5 nitrogen and oxygen atoms in total. The van der Waals surface area contributed by atoms with Gasteiger partial charge in [-0.2, -0.15) is 0 Å². The molecule has 2 aromatic carbocycles. The van der Waals surface area contributed by atoms with E-state index >= 15 is 0 Å². The smallest absolute Gasteiger partial charge is 0.240 e. The predicted octanol–water partition coefficient (Wildman–Crippen LogP) is 2.35. The number of amides is 1. The van der Waals surface area contributed by atoms with Crippen molar-refractivity contribution in [3.63, 3.8) is 0 Å². The summed E-state index contributed by atoms with van der Waals surface area (Å²) in [6.45, 7) is 2.65. The Kier molecular flexibility index (Phi) is 3.41. The molecule has 1 atom stereocenters. The van der Waals surface area contributed by atoms with Gasteiger partial charge in [-0.15, -0.1) is 0 Å². The van der Waals surface area contributed by atoms with Crippen LogP contribution in [-0.2, 0) is 17.8 Å². The molecule has 2 heterocycles. The lowest BCUT2D eigenvalue weighted by atomic mass is 9.93. The van der Waals surface area contributed by atoms with Crippen LogP contribution in [0.25, 0.3) is 10.9 Å². The zero-order chi connectivity index (χ0) is 16.7. The van der Waals surface area contributed by atoms with Crippen LogP contribution in [0.5, 0.6) is 0 Å². The molecule has 0 spiro atoms. The quantitative estimate of drug-likeness (QED) is 0.787. The molecule has 1 aliphatic heterocycles. The number of aryl methyl sites for hydroxylation is 1. The molecule has 1 amide bonds. The highest BCUT2D eigenvalue weighted by Gasteiger charge is 2.31. The highest BCUT2D eigenvalue weighted by Crippen LogP contribution is 2.31. The molecule has 0 aliphatic carbocycles. The van der Waals surface area contributed by atoms with Crippen LogP contribution in [0.15, 0.2) is 48.8 Å². The molecular weight excluding hydrogens is 300 g/mol. The summed E-state index contributed by atoms with van der Waals surface area (Å²) in [6.07, 6.45) is 2.15. The first-order chi connectivity index (χ1) is 11.6. The molecule has 0 saturated carbocycles. The molecule has 2 N–H and O–H groups in total. The van der Waals surface area contributed by atoms with E-state index in [9.17, 15) is 4.79 Å². The van der Waals surface area contributed by atoms with Crippen molar-refractivity contribution in [2.24, 2.45) is 5.73 Å². The van der Waals surface area contributed by atoms with Gasteiger partial charge in [-0.05, 0) is 30.2 Å².